The van der Waals surface area contributed by atoms with E-state index in [9.17, 15) is 13.2 Å². The molecule has 1 saturated heterocycles. The van der Waals surface area contributed by atoms with E-state index in [4.69, 9.17) is 16.7 Å². The minimum atomic E-state index is -3.75. The van der Waals surface area contributed by atoms with Crippen molar-refractivity contribution in [1.82, 2.24) is 4.31 Å². The molecule has 0 aliphatic carbocycles. The van der Waals surface area contributed by atoms with Crippen LogP contribution in [-0.4, -0.2) is 36.9 Å². The zero-order chi connectivity index (χ0) is 15.1. The number of carboxylic acid groups (broad SMARTS) is 1. The zero-order valence-corrected chi connectivity index (χ0v) is 12.8. The Morgan fingerprint density at radius 3 is 2.55 bits per heavy atom. The van der Waals surface area contributed by atoms with Gasteiger partial charge < -0.3 is 5.11 Å². The van der Waals surface area contributed by atoms with E-state index in [1.807, 2.05) is 6.92 Å². The number of sulfonamides is 1. The molecule has 0 bridgehead atoms. The van der Waals surface area contributed by atoms with E-state index in [0.29, 0.717) is 0 Å². The molecule has 1 aliphatic rings. The van der Waals surface area contributed by atoms with Gasteiger partial charge >= 0.3 is 5.97 Å². The molecule has 1 heterocycles. The van der Waals surface area contributed by atoms with Crippen molar-refractivity contribution in [3.63, 3.8) is 0 Å². The number of benzene rings is 1. The van der Waals surface area contributed by atoms with Crippen LogP contribution in [-0.2, 0) is 14.8 Å². The first-order valence-corrected chi connectivity index (χ1v) is 8.04. The summed E-state index contributed by atoms with van der Waals surface area (Å²) in [6.07, 6.45) is 0. The van der Waals surface area contributed by atoms with Gasteiger partial charge in [0.15, 0.2) is 0 Å². The first kappa shape index (κ1) is 15.3. The number of aryl methyl sites for hydroxylation is 1. The summed E-state index contributed by atoms with van der Waals surface area (Å²) < 4.78 is 26.3. The Balaban J connectivity index is 2.35. The molecule has 1 aromatic rings. The van der Waals surface area contributed by atoms with Crippen molar-refractivity contribution >= 4 is 27.6 Å². The fraction of sp³-hybridized carbons (Fsp3) is 0.462. The summed E-state index contributed by atoms with van der Waals surface area (Å²) in [6, 6.07) is 4.72. The van der Waals surface area contributed by atoms with Crippen molar-refractivity contribution in [1.29, 1.82) is 0 Å². The molecule has 0 spiro atoms. The molecule has 0 saturated carbocycles. The summed E-state index contributed by atoms with van der Waals surface area (Å²) in [4.78, 5) is 11.1. The molecule has 5 nitrogen and oxygen atoms in total. The minimum Gasteiger partial charge on any atom is -0.481 e. The Morgan fingerprint density at radius 2 is 2.05 bits per heavy atom. The van der Waals surface area contributed by atoms with Gasteiger partial charge in [0.25, 0.3) is 0 Å². The van der Waals surface area contributed by atoms with E-state index < -0.39 is 21.9 Å². The van der Waals surface area contributed by atoms with Crippen molar-refractivity contribution < 1.29 is 18.3 Å². The second-order valence-electron chi connectivity index (χ2n) is 5.18. The van der Waals surface area contributed by atoms with Crippen LogP contribution in [0.3, 0.4) is 0 Å². The number of rotatable bonds is 3. The third kappa shape index (κ3) is 2.68. The van der Waals surface area contributed by atoms with E-state index in [1.165, 1.54) is 10.4 Å². The summed E-state index contributed by atoms with van der Waals surface area (Å²) in [6.45, 7) is 3.75. The SMILES string of the molecule is Cc1ccc(S(=O)(=O)N2C[C@@H](C)[C@H](C(=O)O)C2)c(Cl)c1. The lowest BCUT2D eigenvalue weighted by atomic mass is 9.99. The Hall–Kier alpha value is -1.11. The average molecular weight is 318 g/mol. The van der Waals surface area contributed by atoms with E-state index in [-0.39, 0.29) is 28.9 Å². The molecule has 0 amide bonds. The number of hydrogen-bond acceptors (Lipinski definition) is 3. The van der Waals surface area contributed by atoms with E-state index in [2.05, 4.69) is 0 Å². The fourth-order valence-electron chi connectivity index (χ4n) is 2.39. The van der Waals surface area contributed by atoms with E-state index >= 15 is 0 Å². The molecular weight excluding hydrogens is 302 g/mol. The molecule has 0 radical (unpaired) electrons. The van der Waals surface area contributed by atoms with Crippen molar-refractivity contribution in [2.45, 2.75) is 18.7 Å². The van der Waals surface area contributed by atoms with Crippen LogP contribution in [0.25, 0.3) is 0 Å². The van der Waals surface area contributed by atoms with Crippen molar-refractivity contribution in [2.75, 3.05) is 13.1 Å². The van der Waals surface area contributed by atoms with Crippen LogP contribution in [0.1, 0.15) is 12.5 Å². The minimum absolute atomic E-state index is 0.0109. The third-order valence-corrected chi connectivity index (χ3v) is 5.92. The van der Waals surface area contributed by atoms with Gasteiger partial charge in [0.05, 0.1) is 10.9 Å². The molecule has 0 aromatic heterocycles. The Bertz CT molecular complexity index is 644. The number of aliphatic carboxylic acids is 1. The quantitative estimate of drug-likeness (QED) is 0.925. The Labute approximate surface area is 123 Å². The summed E-state index contributed by atoms with van der Waals surface area (Å²) in [5.74, 6) is -1.86. The van der Waals surface area contributed by atoms with Crippen LogP contribution in [0.2, 0.25) is 5.02 Å². The normalized spacial score (nSPS) is 23.9. The van der Waals surface area contributed by atoms with Gasteiger partial charge in [-0.05, 0) is 30.5 Å². The van der Waals surface area contributed by atoms with Crippen molar-refractivity contribution in [3.05, 3.63) is 28.8 Å². The van der Waals surface area contributed by atoms with Crippen LogP contribution in [0.5, 0.6) is 0 Å². The van der Waals surface area contributed by atoms with E-state index in [1.54, 1.807) is 19.1 Å². The van der Waals surface area contributed by atoms with Gasteiger partial charge in [-0.2, -0.15) is 4.31 Å². The largest absolute Gasteiger partial charge is 0.481 e. The Morgan fingerprint density at radius 1 is 1.40 bits per heavy atom. The maximum absolute atomic E-state index is 12.5. The fourth-order valence-corrected chi connectivity index (χ4v) is 4.53. The summed E-state index contributed by atoms with van der Waals surface area (Å²) in [7, 11) is -3.75. The molecule has 2 rings (SSSR count). The zero-order valence-electron chi connectivity index (χ0n) is 11.2. The first-order chi connectivity index (χ1) is 9.23. The highest BCUT2D eigenvalue weighted by Crippen LogP contribution is 2.31. The molecule has 110 valence electrons. The maximum Gasteiger partial charge on any atom is 0.308 e. The molecule has 1 fully saturated rings. The summed E-state index contributed by atoms with van der Waals surface area (Å²) >= 11 is 6.01. The second kappa shape index (κ2) is 5.35. The average Bonchev–Trinajstić information content (AvgIpc) is 2.71. The Kier molecular flexibility index (Phi) is 4.09. The van der Waals surface area contributed by atoms with Crippen LogP contribution in [0, 0.1) is 18.8 Å². The third-order valence-electron chi connectivity index (χ3n) is 3.60. The van der Waals surface area contributed by atoms with Crippen molar-refractivity contribution in [3.8, 4) is 0 Å². The number of hydrogen-bond donors (Lipinski definition) is 1. The number of nitrogens with zero attached hydrogens (tertiary/aromatic N) is 1. The first-order valence-electron chi connectivity index (χ1n) is 6.22. The van der Waals surface area contributed by atoms with E-state index in [0.717, 1.165) is 5.56 Å². The number of carbonyl (C=O) groups is 1. The van der Waals surface area contributed by atoms with Gasteiger partial charge in [0.1, 0.15) is 4.90 Å². The number of carboxylic acids is 1. The molecule has 2 atom stereocenters. The van der Waals surface area contributed by atoms with Gasteiger partial charge in [0, 0.05) is 13.1 Å². The topological polar surface area (TPSA) is 74.7 Å². The standard InChI is InChI=1S/C13H16ClNO4S/c1-8-3-4-12(11(14)5-8)20(18,19)15-6-9(2)10(7-15)13(16)17/h3-5,9-10H,6-7H2,1-2H3,(H,16,17)/t9-,10-/m1/s1. The predicted octanol–water partition coefficient (Wildman–Crippen LogP) is 1.99. The lowest BCUT2D eigenvalue weighted by Crippen LogP contribution is -2.30. The van der Waals surface area contributed by atoms with Crippen LogP contribution >= 0.6 is 11.6 Å². The highest BCUT2D eigenvalue weighted by molar-refractivity contribution is 7.89. The molecule has 1 N–H and O–H groups in total. The summed E-state index contributed by atoms with van der Waals surface area (Å²) in [5, 5.41) is 9.24. The molecule has 1 aliphatic heterocycles. The van der Waals surface area contributed by atoms with Gasteiger partial charge in [-0.25, -0.2) is 8.42 Å². The lowest BCUT2D eigenvalue weighted by molar-refractivity contribution is -0.142. The molecule has 1 aromatic carbocycles. The highest BCUT2D eigenvalue weighted by atomic mass is 35.5. The molecular formula is C13H16ClNO4S. The highest BCUT2D eigenvalue weighted by Gasteiger charge is 2.41. The smallest absolute Gasteiger partial charge is 0.308 e. The van der Waals surface area contributed by atoms with Gasteiger partial charge in [-0.15, -0.1) is 0 Å². The second-order valence-corrected chi connectivity index (χ2v) is 7.49. The van der Waals surface area contributed by atoms with Gasteiger partial charge in [-0.1, -0.05) is 24.6 Å². The van der Waals surface area contributed by atoms with Crippen LogP contribution < -0.4 is 0 Å². The van der Waals surface area contributed by atoms with Gasteiger partial charge in [0.2, 0.25) is 10.0 Å². The monoisotopic (exact) mass is 317 g/mol. The van der Waals surface area contributed by atoms with Crippen molar-refractivity contribution in [2.24, 2.45) is 11.8 Å². The van der Waals surface area contributed by atoms with Crippen LogP contribution in [0.4, 0.5) is 0 Å². The lowest BCUT2D eigenvalue weighted by Gasteiger charge is -2.17. The molecule has 0 unspecified atom stereocenters. The van der Waals surface area contributed by atoms with Crippen LogP contribution in [0.15, 0.2) is 23.1 Å². The predicted molar refractivity (Wildman–Crippen MR) is 75.2 cm³/mol. The van der Waals surface area contributed by atoms with Gasteiger partial charge in [-0.3, -0.25) is 4.79 Å². The maximum atomic E-state index is 12.5. The molecule has 20 heavy (non-hydrogen) atoms. The summed E-state index contributed by atoms with van der Waals surface area (Å²) in [5.41, 5.74) is 0.868. The number of halogens is 1. The molecule has 7 heteroatoms.